The molecule has 0 bridgehead atoms. The number of hydrogen-bond donors (Lipinski definition) is 2. The molecular weight excluding hydrogens is 417 g/mol. The molecule has 1 saturated heterocycles. The summed E-state index contributed by atoms with van der Waals surface area (Å²) in [4.78, 5) is 35.9. The summed E-state index contributed by atoms with van der Waals surface area (Å²) in [7, 11) is 0. The number of halogens is 1. The minimum absolute atomic E-state index is 0.170. The van der Waals surface area contributed by atoms with Gasteiger partial charge in [0.25, 0.3) is 5.91 Å². The number of anilines is 2. The lowest BCUT2D eigenvalue weighted by Crippen LogP contribution is -2.51. The second kappa shape index (κ2) is 9.65. The van der Waals surface area contributed by atoms with Gasteiger partial charge in [-0.3, -0.25) is 14.6 Å². The number of rotatable bonds is 6. The van der Waals surface area contributed by atoms with Gasteiger partial charge in [-0.2, -0.15) is 0 Å². The number of likely N-dealkylation sites (tertiary alicyclic amines) is 1. The van der Waals surface area contributed by atoms with Crippen molar-refractivity contribution in [3.63, 3.8) is 0 Å². The van der Waals surface area contributed by atoms with E-state index in [1.165, 1.54) is 23.5 Å². The summed E-state index contributed by atoms with van der Waals surface area (Å²) in [6, 6.07) is 9.10. The Balaban J connectivity index is 1.41. The van der Waals surface area contributed by atoms with Gasteiger partial charge in [0.15, 0.2) is 5.13 Å². The standard InChI is InChI=1S/C22H22FN5O2S/c23-16-6-8-17(9-7-16)26-22-27-18(14-31-22)21(30)28-11-2-1-5-19(28)20(29)25-13-15-4-3-10-24-12-15/h3-4,6-10,12,14,19H,1-2,5,11,13H2,(H,25,29)(H,26,27). The van der Waals surface area contributed by atoms with Crippen LogP contribution in [0.1, 0.15) is 35.3 Å². The summed E-state index contributed by atoms with van der Waals surface area (Å²) in [6.45, 7) is 0.885. The highest BCUT2D eigenvalue weighted by atomic mass is 32.1. The van der Waals surface area contributed by atoms with Gasteiger partial charge < -0.3 is 15.5 Å². The van der Waals surface area contributed by atoms with Crippen LogP contribution in [0.25, 0.3) is 0 Å². The van der Waals surface area contributed by atoms with E-state index in [4.69, 9.17) is 0 Å². The predicted molar refractivity (Wildman–Crippen MR) is 117 cm³/mol. The Labute approximate surface area is 183 Å². The van der Waals surface area contributed by atoms with Crippen LogP contribution in [0.2, 0.25) is 0 Å². The van der Waals surface area contributed by atoms with Crippen molar-refractivity contribution in [2.24, 2.45) is 0 Å². The van der Waals surface area contributed by atoms with Gasteiger partial charge in [-0.25, -0.2) is 9.37 Å². The zero-order valence-corrected chi connectivity index (χ0v) is 17.6. The van der Waals surface area contributed by atoms with Gasteiger partial charge in [0, 0.05) is 36.6 Å². The maximum absolute atomic E-state index is 13.1. The normalized spacial score (nSPS) is 16.0. The van der Waals surface area contributed by atoms with E-state index in [0.29, 0.717) is 36.0 Å². The lowest BCUT2D eigenvalue weighted by molar-refractivity contribution is -0.126. The fourth-order valence-electron chi connectivity index (χ4n) is 3.49. The van der Waals surface area contributed by atoms with E-state index in [1.807, 2.05) is 12.1 Å². The molecule has 160 valence electrons. The van der Waals surface area contributed by atoms with Crippen molar-refractivity contribution in [3.8, 4) is 0 Å². The van der Waals surface area contributed by atoms with Crippen LogP contribution in [0, 0.1) is 5.82 Å². The minimum atomic E-state index is -0.520. The number of nitrogens with zero attached hydrogens (tertiary/aromatic N) is 3. The molecule has 7 nitrogen and oxygen atoms in total. The van der Waals surface area contributed by atoms with Crippen molar-refractivity contribution in [2.75, 3.05) is 11.9 Å². The summed E-state index contributed by atoms with van der Waals surface area (Å²) in [6.07, 6.45) is 5.75. The number of hydrogen-bond acceptors (Lipinski definition) is 6. The first-order valence-electron chi connectivity index (χ1n) is 10.1. The van der Waals surface area contributed by atoms with E-state index < -0.39 is 6.04 Å². The van der Waals surface area contributed by atoms with Crippen LogP contribution < -0.4 is 10.6 Å². The highest BCUT2D eigenvalue weighted by molar-refractivity contribution is 7.14. The van der Waals surface area contributed by atoms with Crippen molar-refractivity contribution in [2.45, 2.75) is 31.8 Å². The fraction of sp³-hybridized carbons (Fsp3) is 0.273. The van der Waals surface area contributed by atoms with Crippen LogP contribution in [-0.4, -0.2) is 39.3 Å². The number of nitrogens with one attached hydrogen (secondary N) is 2. The van der Waals surface area contributed by atoms with E-state index in [-0.39, 0.29) is 17.6 Å². The van der Waals surface area contributed by atoms with Crippen molar-refractivity contribution >= 4 is 34.0 Å². The van der Waals surface area contributed by atoms with Crippen LogP contribution >= 0.6 is 11.3 Å². The van der Waals surface area contributed by atoms with Gasteiger partial charge in [-0.05, 0) is 55.2 Å². The van der Waals surface area contributed by atoms with Gasteiger partial charge in [-0.1, -0.05) is 6.07 Å². The number of carbonyl (C=O) groups excluding carboxylic acids is 2. The second-order valence-electron chi connectivity index (χ2n) is 7.26. The zero-order valence-electron chi connectivity index (χ0n) is 16.8. The quantitative estimate of drug-likeness (QED) is 0.611. The number of piperidine rings is 1. The molecule has 3 heterocycles. The number of pyridine rings is 1. The van der Waals surface area contributed by atoms with Crippen molar-refractivity contribution in [1.82, 2.24) is 20.2 Å². The molecule has 0 saturated carbocycles. The predicted octanol–water partition coefficient (Wildman–Crippen LogP) is 3.73. The van der Waals surface area contributed by atoms with Crippen LogP contribution in [0.4, 0.5) is 15.2 Å². The molecule has 2 amide bonds. The molecule has 2 N–H and O–H groups in total. The molecule has 3 aromatic rings. The molecule has 0 radical (unpaired) electrons. The minimum Gasteiger partial charge on any atom is -0.350 e. The highest BCUT2D eigenvalue weighted by Crippen LogP contribution is 2.25. The van der Waals surface area contributed by atoms with Gasteiger partial charge in [0.1, 0.15) is 17.6 Å². The van der Waals surface area contributed by atoms with Crippen molar-refractivity contribution < 1.29 is 14.0 Å². The third-order valence-electron chi connectivity index (χ3n) is 5.07. The molecular formula is C22H22FN5O2S. The lowest BCUT2D eigenvalue weighted by Gasteiger charge is -2.34. The van der Waals surface area contributed by atoms with Crippen LogP contribution in [0.5, 0.6) is 0 Å². The molecule has 2 aromatic heterocycles. The Morgan fingerprint density at radius 3 is 2.81 bits per heavy atom. The van der Waals surface area contributed by atoms with E-state index in [9.17, 15) is 14.0 Å². The van der Waals surface area contributed by atoms with Gasteiger partial charge in [-0.15, -0.1) is 11.3 Å². The molecule has 1 atom stereocenters. The van der Waals surface area contributed by atoms with E-state index in [2.05, 4.69) is 20.6 Å². The third kappa shape index (κ3) is 5.24. The Kier molecular flexibility index (Phi) is 6.51. The molecule has 0 aliphatic carbocycles. The Hall–Kier alpha value is -3.33. The van der Waals surface area contributed by atoms with Gasteiger partial charge in [0.2, 0.25) is 5.91 Å². The number of carbonyl (C=O) groups is 2. The Bertz CT molecular complexity index is 1040. The first-order chi connectivity index (χ1) is 15.1. The van der Waals surface area contributed by atoms with Crippen molar-refractivity contribution in [3.05, 3.63) is 71.2 Å². The van der Waals surface area contributed by atoms with Crippen LogP contribution in [0.15, 0.2) is 54.2 Å². The van der Waals surface area contributed by atoms with E-state index in [1.54, 1.807) is 34.8 Å². The summed E-state index contributed by atoms with van der Waals surface area (Å²) in [5.74, 6) is -0.750. The lowest BCUT2D eigenvalue weighted by atomic mass is 10.0. The van der Waals surface area contributed by atoms with Gasteiger partial charge >= 0.3 is 0 Å². The van der Waals surface area contributed by atoms with E-state index in [0.717, 1.165) is 18.4 Å². The zero-order chi connectivity index (χ0) is 21.6. The second-order valence-corrected chi connectivity index (χ2v) is 8.12. The SMILES string of the molecule is O=C(NCc1cccnc1)C1CCCCN1C(=O)c1csc(Nc2ccc(F)cc2)n1. The maximum atomic E-state index is 13.1. The molecule has 0 spiro atoms. The third-order valence-corrected chi connectivity index (χ3v) is 5.83. The average molecular weight is 440 g/mol. The summed E-state index contributed by atoms with van der Waals surface area (Å²) < 4.78 is 13.1. The Morgan fingerprint density at radius 1 is 1.19 bits per heavy atom. The largest absolute Gasteiger partial charge is 0.350 e. The molecule has 31 heavy (non-hydrogen) atoms. The molecule has 1 unspecified atom stereocenters. The van der Waals surface area contributed by atoms with Crippen LogP contribution in [-0.2, 0) is 11.3 Å². The number of aromatic nitrogens is 2. The smallest absolute Gasteiger partial charge is 0.274 e. The molecule has 9 heteroatoms. The molecule has 1 aliphatic rings. The number of amides is 2. The van der Waals surface area contributed by atoms with Gasteiger partial charge in [0.05, 0.1) is 0 Å². The monoisotopic (exact) mass is 439 g/mol. The molecule has 4 rings (SSSR count). The first kappa shape index (κ1) is 20.9. The highest BCUT2D eigenvalue weighted by Gasteiger charge is 2.33. The first-order valence-corrected chi connectivity index (χ1v) is 10.9. The number of thiazole rings is 1. The summed E-state index contributed by atoms with van der Waals surface area (Å²) >= 11 is 1.29. The Morgan fingerprint density at radius 2 is 2.03 bits per heavy atom. The average Bonchev–Trinajstić information content (AvgIpc) is 3.27. The van der Waals surface area contributed by atoms with Crippen molar-refractivity contribution in [1.29, 1.82) is 0 Å². The molecule has 1 aromatic carbocycles. The van der Waals surface area contributed by atoms with Crippen LogP contribution in [0.3, 0.4) is 0 Å². The summed E-state index contributed by atoms with van der Waals surface area (Å²) in [5, 5.41) is 8.19. The molecule has 1 fully saturated rings. The maximum Gasteiger partial charge on any atom is 0.274 e. The summed E-state index contributed by atoms with van der Waals surface area (Å²) in [5.41, 5.74) is 1.88. The van der Waals surface area contributed by atoms with E-state index >= 15 is 0 Å². The molecule has 1 aliphatic heterocycles. The topological polar surface area (TPSA) is 87.2 Å². The fourth-order valence-corrected chi connectivity index (χ4v) is 4.19. The number of benzene rings is 1.